The van der Waals surface area contributed by atoms with Gasteiger partial charge in [-0.15, -0.1) is 11.3 Å². The molecule has 1 aliphatic rings. The van der Waals surface area contributed by atoms with Crippen LogP contribution in [-0.4, -0.2) is 26.1 Å². The number of fused-ring (bicyclic) bond motifs is 1. The normalized spacial score (nSPS) is 14.2. The molecule has 3 aromatic rings. The summed E-state index contributed by atoms with van der Waals surface area (Å²) in [5.74, 6) is -0.393. The number of halogens is 1. The first-order valence-corrected chi connectivity index (χ1v) is 12.3. The molecule has 0 saturated heterocycles. The Hall–Kier alpha value is -2.43. The molecule has 1 N–H and O–H groups in total. The van der Waals surface area contributed by atoms with Crippen molar-refractivity contribution < 1.29 is 9.72 Å². The average Bonchev–Trinajstić information content (AvgIpc) is 3.36. The van der Waals surface area contributed by atoms with Gasteiger partial charge in [-0.1, -0.05) is 36.2 Å². The van der Waals surface area contributed by atoms with E-state index in [2.05, 4.69) is 5.32 Å². The van der Waals surface area contributed by atoms with Gasteiger partial charge < -0.3 is 5.32 Å². The number of thiophene rings is 1. The van der Waals surface area contributed by atoms with E-state index in [0.29, 0.717) is 15.4 Å². The molecule has 0 unspecified atom stereocenters. The lowest BCUT2D eigenvalue weighted by molar-refractivity contribution is -0.384. The first-order valence-electron chi connectivity index (χ1n) is 10.1. The topological polar surface area (TPSA) is 107 Å². The van der Waals surface area contributed by atoms with Crippen LogP contribution in [0.3, 0.4) is 0 Å². The maximum Gasteiger partial charge on any atom is 0.271 e. The Labute approximate surface area is 197 Å². The first-order chi connectivity index (χ1) is 15.3. The molecule has 0 aliphatic heterocycles. The lowest BCUT2D eigenvalue weighted by atomic mass is 10.2. The second kappa shape index (κ2) is 9.21. The van der Waals surface area contributed by atoms with Crippen molar-refractivity contribution in [2.45, 2.75) is 50.7 Å². The molecule has 0 atom stereocenters. The minimum absolute atomic E-state index is 0.00692. The summed E-state index contributed by atoms with van der Waals surface area (Å²) in [6, 6.07) is 3.95. The van der Waals surface area contributed by atoms with Gasteiger partial charge in [0.1, 0.15) is 4.83 Å². The van der Waals surface area contributed by atoms with Gasteiger partial charge in [0.25, 0.3) is 11.2 Å². The summed E-state index contributed by atoms with van der Waals surface area (Å²) in [5, 5.41) is 15.0. The van der Waals surface area contributed by atoms with Gasteiger partial charge in [-0.3, -0.25) is 24.3 Å². The highest BCUT2D eigenvalue weighted by Crippen LogP contribution is 2.35. The van der Waals surface area contributed by atoms with Gasteiger partial charge in [0.15, 0.2) is 5.16 Å². The fourth-order valence-electron chi connectivity index (χ4n) is 3.91. The lowest BCUT2D eigenvalue weighted by Crippen LogP contribution is -2.27. The van der Waals surface area contributed by atoms with Crippen LogP contribution in [0.2, 0.25) is 5.02 Å². The first kappa shape index (κ1) is 22.8. The van der Waals surface area contributed by atoms with Crippen molar-refractivity contribution >= 4 is 62.2 Å². The lowest BCUT2D eigenvalue weighted by Gasteiger charge is -2.18. The van der Waals surface area contributed by atoms with Crippen molar-refractivity contribution in [3.8, 4) is 0 Å². The van der Waals surface area contributed by atoms with E-state index in [1.54, 1.807) is 4.57 Å². The van der Waals surface area contributed by atoms with E-state index in [0.717, 1.165) is 36.1 Å². The number of nitro groups is 1. The molecule has 1 saturated carbocycles. The van der Waals surface area contributed by atoms with Crippen molar-refractivity contribution in [1.29, 1.82) is 0 Å². The predicted molar refractivity (Wildman–Crippen MR) is 128 cm³/mol. The molecule has 1 fully saturated rings. The average molecular weight is 493 g/mol. The van der Waals surface area contributed by atoms with Crippen LogP contribution in [-0.2, 0) is 4.79 Å². The number of nitrogens with one attached hydrogen (secondary N) is 1. The molecule has 32 heavy (non-hydrogen) atoms. The molecule has 0 bridgehead atoms. The number of benzene rings is 1. The zero-order chi connectivity index (χ0) is 23.0. The fraction of sp³-hybridized carbons (Fsp3) is 0.381. The molecule has 8 nitrogen and oxygen atoms in total. The highest BCUT2D eigenvalue weighted by molar-refractivity contribution is 7.99. The summed E-state index contributed by atoms with van der Waals surface area (Å²) in [7, 11) is 0. The number of thioether (sulfide) groups is 1. The van der Waals surface area contributed by atoms with E-state index >= 15 is 0 Å². The number of hydrogen-bond acceptors (Lipinski definition) is 7. The summed E-state index contributed by atoms with van der Waals surface area (Å²) in [4.78, 5) is 42.9. The monoisotopic (exact) mass is 492 g/mol. The molecule has 168 valence electrons. The number of aryl methyl sites for hydroxylation is 2. The van der Waals surface area contributed by atoms with E-state index in [-0.39, 0.29) is 39.7 Å². The smallest absolute Gasteiger partial charge is 0.271 e. The van der Waals surface area contributed by atoms with E-state index in [1.807, 2.05) is 13.8 Å². The van der Waals surface area contributed by atoms with Crippen molar-refractivity contribution in [3.63, 3.8) is 0 Å². The third kappa shape index (κ3) is 4.39. The molecule has 2 heterocycles. The zero-order valence-electron chi connectivity index (χ0n) is 17.5. The number of hydrogen-bond donors (Lipinski definition) is 1. The van der Waals surface area contributed by atoms with Gasteiger partial charge in [-0.25, -0.2) is 4.98 Å². The number of nitro benzene ring substituents is 1. The molecule has 0 spiro atoms. The zero-order valence-corrected chi connectivity index (χ0v) is 19.9. The summed E-state index contributed by atoms with van der Waals surface area (Å²) in [5.41, 5.74) is 0.924. The summed E-state index contributed by atoms with van der Waals surface area (Å²) < 4.78 is 1.76. The second-order valence-electron chi connectivity index (χ2n) is 7.73. The van der Waals surface area contributed by atoms with Gasteiger partial charge >= 0.3 is 0 Å². The van der Waals surface area contributed by atoms with Gasteiger partial charge in [-0.2, -0.15) is 0 Å². The second-order valence-corrected chi connectivity index (χ2v) is 10.3. The molecule has 0 radical (unpaired) electrons. The number of aromatic nitrogens is 2. The van der Waals surface area contributed by atoms with Crippen LogP contribution in [0.25, 0.3) is 10.2 Å². The number of carbonyl (C=O) groups excluding carboxylic acids is 1. The Kier molecular flexibility index (Phi) is 6.55. The Bertz CT molecular complexity index is 1280. The summed E-state index contributed by atoms with van der Waals surface area (Å²) in [6.45, 7) is 3.92. The van der Waals surface area contributed by atoms with Gasteiger partial charge in [-0.05, 0) is 38.3 Å². The summed E-state index contributed by atoms with van der Waals surface area (Å²) in [6.07, 6.45) is 3.95. The number of rotatable bonds is 6. The Morgan fingerprint density at radius 3 is 2.78 bits per heavy atom. The molecule has 4 rings (SSSR count). The maximum absolute atomic E-state index is 13.4. The van der Waals surface area contributed by atoms with Crippen LogP contribution in [0.1, 0.15) is 42.2 Å². The van der Waals surface area contributed by atoms with Gasteiger partial charge in [0, 0.05) is 23.1 Å². The number of non-ortho nitro benzene ring substituents is 1. The van der Waals surface area contributed by atoms with Crippen molar-refractivity contribution in [3.05, 3.63) is 54.1 Å². The number of anilines is 1. The van der Waals surface area contributed by atoms with Crippen molar-refractivity contribution in [1.82, 2.24) is 9.55 Å². The van der Waals surface area contributed by atoms with Crippen LogP contribution in [0, 0.1) is 24.0 Å². The van der Waals surface area contributed by atoms with Crippen LogP contribution >= 0.6 is 34.7 Å². The fourth-order valence-corrected chi connectivity index (χ4v) is 6.01. The van der Waals surface area contributed by atoms with Gasteiger partial charge in [0.05, 0.1) is 26.8 Å². The minimum Gasteiger partial charge on any atom is -0.324 e. The highest BCUT2D eigenvalue weighted by atomic mass is 35.5. The van der Waals surface area contributed by atoms with E-state index < -0.39 is 4.92 Å². The van der Waals surface area contributed by atoms with Crippen LogP contribution in [0.15, 0.2) is 28.2 Å². The number of nitrogens with zero attached hydrogens (tertiary/aromatic N) is 3. The molecular weight excluding hydrogens is 472 g/mol. The third-order valence-corrected chi connectivity index (χ3v) is 8.04. The Morgan fingerprint density at radius 2 is 2.09 bits per heavy atom. The minimum atomic E-state index is -0.550. The van der Waals surface area contributed by atoms with E-state index in [1.165, 1.54) is 41.3 Å². The largest absolute Gasteiger partial charge is 0.324 e. The highest BCUT2D eigenvalue weighted by Gasteiger charge is 2.25. The molecule has 1 amide bonds. The standard InChI is InChI=1S/C21H21ClN4O4S2/c1-11-12(2)32-19-18(11)20(28)25(13-5-3-4-6-13)21(24-19)31-10-17(27)23-16-9-14(26(29)30)7-8-15(16)22/h7-9,13H,3-6,10H2,1-2H3,(H,23,27). The Morgan fingerprint density at radius 1 is 1.38 bits per heavy atom. The van der Waals surface area contributed by atoms with E-state index in [4.69, 9.17) is 16.6 Å². The van der Waals surface area contributed by atoms with Crippen molar-refractivity contribution in [2.75, 3.05) is 11.1 Å². The molecular formula is C21H21ClN4O4S2. The maximum atomic E-state index is 13.4. The summed E-state index contributed by atoms with van der Waals surface area (Å²) >= 11 is 8.75. The molecule has 1 aromatic carbocycles. The van der Waals surface area contributed by atoms with Crippen LogP contribution < -0.4 is 10.9 Å². The number of amides is 1. The van der Waals surface area contributed by atoms with Gasteiger partial charge in [0.2, 0.25) is 5.91 Å². The SMILES string of the molecule is Cc1sc2nc(SCC(=O)Nc3cc([N+](=O)[O-])ccc3Cl)n(C3CCCC3)c(=O)c2c1C. The quantitative estimate of drug-likeness (QED) is 0.211. The van der Waals surface area contributed by atoms with Crippen molar-refractivity contribution in [2.24, 2.45) is 0 Å². The molecule has 1 aliphatic carbocycles. The number of carbonyl (C=O) groups is 1. The Balaban J connectivity index is 1.61. The third-order valence-electron chi connectivity index (χ3n) is 5.66. The van der Waals surface area contributed by atoms with E-state index in [9.17, 15) is 19.7 Å². The van der Waals surface area contributed by atoms with Crippen LogP contribution in [0.4, 0.5) is 11.4 Å². The molecule has 2 aromatic heterocycles. The van der Waals surface area contributed by atoms with Crippen LogP contribution in [0.5, 0.6) is 0 Å². The predicted octanol–water partition coefficient (Wildman–Crippen LogP) is 5.48. The molecule has 11 heteroatoms.